The largest absolute Gasteiger partial charge is 0.497 e. The average Bonchev–Trinajstić information content (AvgIpc) is 3.28. The standard InChI is InChI=1S/C17H15NO/c1-19-15-8-6-14(7-9-15)17-10-16(17)13-4-2-12(11-18)3-5-13/h2-9,16-17H,10H2,1H3/t16-,17-/m1/s1. The maximum Gasteiger partial charge on any atom is 0.118 e. The minimum absolute atomic E-state index is 0.598. The third-order valence-electron chi connectivity index (χ3n) is 3.80. The molecule has 19 heavy (non-hydrogen) atoms. The molecule has 0 saturated heterocycles. The van der Waals surface area contributed by atoms with Gasteiger partial charge in [-0.25, -0.2) is 0 Å². The van der Waals surface area contributed by atoms with E-state index in [9.17, 15) is 0 Å². The first-order valence-corrected chi connectivity index (χ1v) is 6.46. The van der Waals surface area contributed by atoms with Crippen molar-refractivity contribution < 1.29 is 4.74 Å². The fourth-order valence-electron chi connectivity index (χ4n) is 2.59. The van der Waals surface area contributed by atoms with Crippen LogP contribution in [0.25, 0.3) is 0 Å². The summed E-state index contributed by atoms with van der Waals surface area (Å²) >= 11 is 0. The highest BCUT2D eigenvalue weighted by Crippen LogP contribution is 2.54. The van der Waals surface area contributed by atoms with Crippen molar-refractivity contribution in [3.05, 3.63) is 65.2 Å². The third kappa shape index (κ3) is 2.32. The molecule has 1 fully saturated rings. The summed E-state index contributed by atoms with van der Waals surface area (Å²) in [4.78, 5) is 0. The van der Waals surface area contributed by atoms with Crippen LogP contribution < -0.4 is 4.74 Å². The van der Waals surface area contributed by atoms with Crippen molar-refractivity contribution in [2.75, 3.05) is 7.11 Å². The highest BCUT2D eigenvalue weighted by Gasteiger charge is 2.39. The quantitative estimate of drug-likeness (QED) is 0.828. The number of ether oxygens (including phenoxy) is 1. The second-order valence-corrected chi connectivity index (χ2v) is 4.96. The number of hydrogen-bond acceptors (Lipinski definition) is 2. The van der Waals surface area contributed by atoms with Crippen LogP contribution in [0.2, 0.25) is 0 Å². The minimum Gasteiger partial charge on any atom is -0.497 e. The summed E-state index contributed by atoms with van der Waals surface area (Å²) in [6.45, 7) is 0. The number of nitriles is 1. The summed E-state index contributed by atoms with van der Waals surface area (Å²) in [5, 5.41) is 8.80. The molecule has 1 saturated carbocycles. The molecule has 0 aliphatic heterocycles. The van der Waals surface area contributed by atoms with Gasteiger partial charge >= 0.3 is 0 Å². The van der Waals surface area contributed by atoms with Crippen molar-refractivity contribution in [3.8, 4) is 11.8 Å². The van der Waals surface area contributed by atoms with Gasteiger partial charge in [-0.2, -0.15) is 5.26 Å². The summed E-state index contributed by atoms with van der Waals surface area (Å²) in [6.07, 6.45) is 1.19. The SMILES string of the molecule is COc1ccc([C@H]2C[C@@H]2c2ccc(C#N)cc2)cc1. The Morgan fingerprint density at radius 2 is 1.47 bits per heavy atom. The first-order valence-electron chi connectivity index (χ1n) is 6.46. The Kier molecular flexibility index (Phi) is 2.97. The number of rotatable bonds is 3. The molecule has 2 aromatic rings. The van der Waals surface area contributed by atoms with E-state index in [1.54, 1.807) is 7.11 Å². The highest BCUT2D eigenvalue weighted by molar-refractivity contribution is 5.41. The Balaban J connectivity index is 1.74. The van der Waals surface area contributed by atoms with Crippen molar-refractivity contribution in [1.29, 1.82) is 5.26 Å². The molecule has 0 N–H and O–H groups in total. The number of methoxy groups -OCH3 is 1. The Hall–Kier alpha value is -2.27. The Morgan fingerprint density at radius 1 is 0.947 bits per heavy atom. The van der Waals surface area contributed by atoms with Gasteiger partial charge in [0.2, 0.25) is 0 Å². The normalized spacial score (nSPS) is 20.6. The van der Waals surface area contributed by atoms with Crippen LogP contribution in [0.3, 0.4) is 0 Å². The molecule has 2 heteroatoms. The van der Waals surface area contributed by atoms with E-state index in [0.717, 1.165) is 11.3 Å². The fraction of sp³-hybridized carbons (Fsp3) is 0.235. The summed E-state index contributed by atoms with van der Waals surface area (Å²) in [6, 6.07) is 18.4. The van der Waals surface area contributed by atoms with Gasteiger partial charge in [-0.05, 0) is 53.6 Å². The molecule has 0 heterocycles. The van der Waals surface area contributed by atoms with E-state index < -0.39 is 0 Å². The monoisotopic (exact) mass is 249 g/mol. The lowest BCUT2D eigenvalue weighted by atomic mass is 10.0. The van der Waals surface area contributed by atoms with E-state index in [1.807, 2.05) is 24.3 Å². The highest BCUT2D eigenvalue weighted by atomic mass is 16.5. The molecular weight excluding hydrogens is 234 g/mol. The van der Waals surface area contributed by atoms with E-state index in [2.05, 4.69) is 30.3 Å². The summed E-state index contributed by atoms with van der Waals surface area (Å²) in [7, 11) is 1.69. The third-order valence-corrected chi connectivity index (χ3v) is 3.80. The van der Waals surface area contributed by atoms with Crippen LogP contribution >= 0.6 is 0 Å². The van der Waals surface area contributed by atoms with Gasteiger partial charge in [-0.3, -0.25) is 0 Å². The van der Waals surface area contributed by atoms with Crippen molar-refractivity contribution in [2.45, 2.75) is 18.3 Å². The first kappa shape index (κ1) is 11.8. The Bertz CT molecular complexity index is 607. The van der Waals surface area contributed by atoms with E-state index in [-0.39, 0.29) is 0 Å². The molecule has 0 aromatic heterocycles. The number of nitrogens with zero attached hydrogens (tertiary/aromatic N) is 1. The summed E-state index contributed by atoms with van der Waals surface area (Å²) in [5.41, 5.74) is 3.43. The van der Waals surface area contributed by atoms with Crippen molar-refractivity contribution in [2.24, 2.45) is 0 Å². The molecule has 94 valence electrons. The topological polar surface area (TPSA) is 33.0 Å². The van der Waals surface area contributed by atoms with Crippen LogP contribution in [-0.2, 0) is 0 Å². The molecule has 2 atom stereocenters. The molecule has 0 spiro atoms. The van der Waals surface area contributed by atoms with Gasteiger partial charge in [0.05, 0.1) is 18.7 Å². The average molecular weight is 249 g/mol. The molecule has 0 unspecified atom stereocenters. The van der Waals surface area contributed by atoms with Crippen LogP contribution in [0.1, 0.15) is 34.9 Å². The molecule has 0 bridgehead atoms. The van der Waals surface area contributed by atoms with Crippen LogP contribution in [0.15, 0.2) is 48.5 Å². The van der Waals surface area contributed by atoms with Gasteiger partial charge in [0.25, 0.3) is 0 Å². The molecule has 0 radical (unpaired) electrons. The molecule has 0 amide bonds. The predicted octanol–water partition coefficient (Wildman–Crippen LogP) is 3.84. The zero-order chi connectivity index (χ0) is 13.2. The first-order chi connectivity index (χ1) is 9.31. The maximum absolute atomic E-state index is 8.80. The minimum atomic E-state index is 0.598. The fourth-order valence-corrected chi connectivity index (χ4v) is 2.59. The summed E-state index contributed by atoms with van der Waals surface area (Å²) in [5.74, 6) is 2.11. The lowest BCUT2D eigenvalue weighted by Crippen LogP contribution is -1.86. The molecule has 1 aliphatic rings. The number of hydrogen-bond donors (Lipinski definition) is 0. The van der Waals surface area contributed by atoms with Crippen molar-refractivity contribution in [1.82, 2.24) is 0 Å². The Labute approximate surface area is 113 Å². The molecule has 1 aliphatic carbocycles. The molecular formula is C17H15NO. The second kappa shape index (κ2) is 4.78. The van der Waals surface area contributed by atoms with E-state index >= 15 is 0 Å². The Morgan fingerprint density at radius 3 is 1.95 bits per heavy atom. The lowest BCUT2D eigenvalue weighted by molar-refractivity contribution is 0.414. The van der Waals surface area contributed by atoms with E-state index in [4.69, 9.17) is 10.00 Å². The molecule has 2 aromatic carbocycles. The van der Waals surface area contributed by atoms with Crippen LogP contribution in [0, 0.1) is 11.3 Å². The van der Waals surface area contributed by atoms with E-state index in [0.29, 0.717) is 11.8 Å². The number of benzene rings is 2. The smallest absolute Gasteiger partial charge is 0.118 e. The lowest BCUT2D eigenvalue weighted by Gasteiger charge is -2.03. The van der Waals surface area contributed by atoms with Gasteiger partial charge in [0, 0.05) is 0 Å². The van der Waals surface area contributed by atoms with Crippen molar-refractivity contribution >= 4 is 0 Å². The summed E-state index contributed by atoms with van der Waals surface area (Å²) < 4.78 is 5.18. The maximum atomic E-state index is 8.80. The van der Waals surface area contributed by atoms with E-state index in [1.165, 1.54) is 17.5 Å². The van der Waals surface area contributed by atoms with Gasteiger partial charge in [-0.1, -0.05) is 24.3 Å². The van der Waals surface area contributed by atoms with Crippen LogP contribution in [-0.4, -0.2) is 7.11 Å². The zero-order valence-electron chi connectivity index (χ0n) is 10.8. The van der Waals surface area contributed by atoms with Crippen molar-refractivity contribution in [3.63, 3.8) is 0 Å². The van der Waals surface area contributed by atoms with Gasteiger partial charge in [0.15, 0.2) is 0 Å². The predicted molar refractivity (Wildman–Crippen MR) is 74.3 cm³/mol. The van der Waals surface area contributed by atoms with Gasteiger partial charge in [-0.15, -0.1) is 0 Å². The molecule has 3 rings (SSSR count). The zero-order valence-corrected chi connectivity index (χ0v) is 10.8. The van der Waals surface area contributed by atoms with Gasteiger partial charge in [0.1, 0.15) is 5.75 Å². The second-order valence-electron chi connectivity index (χ2n) is 4.96. The van der Waals surface area contributed by atoms with Crippen LogP contribution in [0.4, 0.5) is 0 Å². The molecule has 2 nitrogen and oxygen atoms in total. The van der Waals surface area contributed by atoms with Crippen LogP contribution in [0.5, 0.6) is 5.75 Å². The van der Waals surface area contributed by atoms with Gasteiger partial charge < -0.3 is 4.74 Å².